The molecule has 1 atom stereocenters. The normalized spacial score (nSPS) is 20.1. The van der Waals surface area contributed by atoms with Crippen LogP contribution < -0.4 is 4.90 Å². The predicted octanol–water partition coefficient (Wildman–Crippen LogP) is 1.50. The molecule has 0 spiro atoms. The minimum atomic E-state index is -4.78. The Hall–Kier alpha value is -0.990. The van der Waals surface area contributed by atoms with Crippen LogP contribution >= 0.6 is 23.2 Å². The fourth-order valence-electron chi connectivity index (χ4n) is 1.89. The molecular weight excluding hydrogens is 320 g/mol. The standard InChI is InChI=1S/C9H8Cl2FN3O3S/c1-4-7(8(10)14-9(11)13-4)15-3-5(2-6(15)16)19(12,17)18/h5H,2-3H2,1H3. The van der Waals surface area contributed by atoms with E-state index in [1.54, 1.807) is 6.92 Å². The number of halogens is 3. The van der Waals surface area contributed by atoms with Gasteiger partial charge in [0, 0.05) is 13.0 Å². The van der Waals surface area contributed by atoms with Crippen molar-refractivity contribution in [3.05, 3.63) is 16.1 Å². The molecule has 1 aromatic rings. The fraction of sp³-hybridized carbons (Fsp3) is 0.444. The van der Waals surface area contributed by atoms with Crippen molar-refractivity contribution in [3.63, 3.8) is 0 Å². The quantitative estimate of drug-likeness (QED) is 0.467. The zero-order chi connectivity index (χ0) is 14.4. The van der Waals surface area contributed by atoms with Crippen LogP contribution in [0.2, 0.25) is 10.4 Å². The van der Waals surface area contributed by atoms with Gasteiger partial charge in [0.05, 0.1) is 5.69 Å². The van der Waals surface area contributed by atoms with Crippen molar-refractivity contribution in [2.75, 3.05) is 11.4 Å². The maximum atomic E-state index is 12.9. The van der Waals surface area contributed by atoms with Crippen molar-refractivity contribution in [3.8, 4) is 0 Å². The fourth-order valence-corrected chi connectivity index (χ4v) is 3.13. The molecule has 1 unspecified atom stereocenters. The third kappa shape index (κ3) is 2.80. The van der Waals surface area contributed by atoms with Gasteiger partial charge in [0.2, 0.25) is 11.2 Å². The van der Waals surface area contributed by atoms with Gasteiger partial charge in [-0.3, -0.25) is 4.79 Å². The molecule has 10 heteroatoms. The Labute approximate surface area is 118 Å². The van der Waals surface area contributed by atoms with Gasteiger partial charge in [-0.25, -0.2) is 9.97 Å². The van der Waals surface area contributed by atoms with E-state index in [0.717, 1.165) is 4.90 Å². The minimum Gasteiger partial charge on any atom is -0.307 e. The predicted molar refractivity (Wildman–Crippen MR) is 67.6 cm³/mol. The van der Waals surface area contributed by atoms with Gasteiger partial charge < -0.3 is 4.90 Å². The molecule has 1 aliphatic rings. The monoisotopic (exact) mass is 327 g/mol. The van der Waals surface area contributed by atoms with Crippen LogP contribution in [0.4, 0.5) is 9.57 Å². The van der Waals surface area contributed by atoms with Crippen LogP contribution in [0.3, 0.4) is 0 Å². The van der Waals surface area contributed by atoms with E-state index in [4.69, 9.17) is 23.2 Å². The molecule has 104 valence electrons. The first-order valence-corrected chi connectivity index (χ1v) is 7.34. The van der Waals surface area contributed by atoms with Crippen LogP contribution in [0.25, 0.3) is 0 Å². The molecular formula is C9H8Cl2FN3O3S. The largest absolute Gasteiger partial charge is 0.307 e. The molecule has 0 aromatic carbocycles. The number of nitrogens with zero attached hydrogens (tertiary/aromatic N) is 3. The molecule has 0 aliphatic carbocycles. The van der Waals surface area contributed by atoms with Crippen molar-refractivity contribution < 1.29 is 17.1 Å². The average molecular weight is 328 g/mol. The molecule has 0 saturated carbocycles. The van der Waals surface area contributed by atoms with Crippen molar-refractivity contribution in [2.45, 2.75) is 18.6 Å². The minimum absolute atomic E-state index is 0.0808. The summed E-state index contributed by atoms with van der Waals surface area (Å²) < 4.78 is 34.6. The number of hydrogen-bond acceptors (Lipinski definition) is 5. The molecule has 1 amide bonds. The topological polar surface area (TPSA) is 80.2 Å². The Kier molecular flexibility index (Phi) is 3.67. The first-order chi connectivity index (χ1) is 8.70. The van der Waals surface area contributed by atoms with Crippen LogP contribution in [0, 0.1) is 6.92 Å². The van der Waals surface area contributed by atoms with Crippen molar-refractivity contribution in [2.24, 2.45) is 0 Å². The number of hydrogen-bond donors (Lipinski definition) is 0. The number of aromatic nitrogens is 2. The second-order valence-corrected chi connectivity index (χ2v) is 6.34. The zero-order valence-corrected chi connectivity index (χ0v) is 11.9. The van der Waals surface area contributed by atoms with E-state index in [1.165, 1.54) is 0 Å². The summed E-state index contributed by atoms with van der Waals surface area (Å²) in [6, 6.07) is 0. The van der Waals surface area contributed by atoms with E-state index in [-0.39, 0.29) is 22.7 Å². The van der Waals surface area contributed by atoms with Crippen molar-refractivity contribution in [1.82, 2.24) is 9.97 Å². The van der Waals surface area contributed by atoms with Crippen molar-refractivity contribution >= 4 is 45.0 Å². The smallest absolute Gasteiger partial charge is 0.307 e. The highest BCUT2D eigenvalue weighted by Crippen LogP contribution is 2.33. The highest BCUT2D eigenvalue weighted by molar-refractivity contribution is 7.87. The Morgan fingerprint density at radius 2 is 2.00 bits per heavy atom. The van der Waals surface area contributed by atoms with Crippen molar-refractivity contribution in [1.29, 1.82) is 0 Å². The maximum absolute atomic E-state index is 12.9. The Morgan fingerprint density at radius 3 is 2.47 bits per heavy atom. The highest BCUT2D eigenvalue weighted by atomic mass is 35.5. The number of carbonyl (C=O) groups is 1. The lowest BCUT2D eigenvalue weighted by Gasteiger charge is -2.18. The second-order valence-electron chi connectivity index (χ2n) is 4.02. The van der Waals surface area contributed by atoms with Gasteiger partial charge in [-0.2, -0.15) is 8.42 Å². The highest BCUT2D eigenvalue weighted by Gasteiger charge is 2.40. The first-order valence-electron chi connectivity index (χ1n) is 5.13. The summed E-state index contributed by atoms with van der Waals surface area (Å²) >= 11 is 11.5. The van der Waals surface area contributed by atoms with Gasteiger partial charge in [-0.05, 0) is 18.5 Å². The molecule has 1 saturated heterocycles. The van der Waals surface area contributed by atoms with Crippen LogP contribution in [-0.2, 0) is 15.0 Å². The van der Waals surface area contributed by atoms with Crippen LogP contribution in [0.1, 0.15) is 12.1 Å². The molecule has 2 heterocycles. The third-order valence-corrected chi connectivity index (χ3v) is 4.29. The molecule has 0 N–H and O–H groups in total. The van der Waals surface area contributed by atoms with E-state index < -0.39 is 27.8 Å². The number of anilines is 1. The Balaban J connectivity index is 2.42. The van der Waals surface area contributed by atoms with E-state index in [0.29, 0.717) is 5.69 Å². The molecule has 0 bridgehead atoms. The van der Waals surface area contributed by atoms with E-state index in [9.17, 15) is 17.1 Å². The lowest BCUT2D eigenvalue weighted by Crippen LogP contribution is -2.28. The number of rotatable bonds is 2. The molecule has 1 fully saturated rings. The average Bonchev–Trinajstić information content (AvgIpc) is 2.59. The molecule has 2 rings (SSSR count). The lowest BCUT2D eigenvalue weighted by atomic mass is 10.3. The van der Waals surface area contributed by atoms with Gasteiger partial charge >= 0.3 is 10.2 Å². The van der Waals surface area contributed by atoms with Gasteiger partial charge in [0.1, 0.15) is 10.9 Å². The Morgan fingerprint density at radius 1 is 1.37 bits per heavy atom. The third-order valence-electron chi connectivity index (χ3n) is 2.75. The number of carbonyl (C=O) groups excluding carboxylic acids is 1. The van der Waals surface area contributed by atoms with Gasteiger partial charge in [-0.1, -0.05) is 11.6 Å². The molecule has 1 aromatic heterocycles. The van der Waals surface area contributed by atoms with Crippen LogP contribution in [0.15, 0.2) is 0 Å². The molecule has 6 nitrogen and oxygen atoms in total. The van der Waals surface area contributed by atoms with Gasteiger partial charge in [-0.15, -0.1) is 3.89 Å². The van der Waals surface area contributed by atoms with E-state index in [2.05, 4.69) is 9.97 Å². The van der Waals surface area contributed by atoms with E-state index >= 15 is 0 Å². The van der Waals surface area contributed by atoms with E-state index in [1.807, 2.05) is 0 Å². The van der Waals surface area contributed by atoms with Gasteiger partial charge in [0.15, 0.2) is 5.15 Å². The maximum Gasteiger partial charge on any atom is 0.307 e. The molecule has 0 radical (unpaired) electrons. The summed E-state index contributed by atoms with van der Waals surface area (Å²) in [6.07, 6.45) is -0.433. The second kappa shape index (κ2) is 4.84. The molecule has 1 aliphatic heterocycles. The molecule has 19 heavy (non-hydrogen) atoms. The first kappa shape index (κ1) is 14.4. The lowest BCUT2D eigenvalue weighted by molar-refractivity contribution is -0.117. The Bertz CT molecular complexity index is 629. The van der Waals surface area contributed by atoms with Crippen LogP contribution in [-0.4, -0.2) is 36.1 Å². The van der Waals surface area contributed by atoms with Gasteiger partial charge in [0.25, 0.3) is 0 Å². The summed E-state index contributed by atoms with van der Waals surface area (Å²) in [6.45, 7) is 1.22. The summed E-state index contributed by atoms with van der Waals surface area (Å²) in [7, 11) is -4.78. The van der Waals surface area contributed by atoms with Crippen LogP contribution in [0.5, 0.6) is 0 Å². The summed E-state index contributed by atoms with van der Waals surface area (Å²) in [5, 5.41) is -1.57. The number of amides is 1. The SMILES string of the molecule is Cc1nc(Cl)nc(Cl)c1N1CC(S(=O)(=O)F)CC1=O. The summed E-state index contributed by atoms with van der Waals surface area (Å²) in [4.78, 5) is 20.4. The zero-order valence-electron chi connectivity index (χ0n) is 9.60. The summed E-state index contributed by atoms with van der Waals surface area (Å²) in [5.41, 5.74) is 0.470. The number of aryl methyl sites for hydroxylation is 1. The summed E-state index contributed by atoms with van der Waals surface area (Å²) in [5.74, 6) is -0.554.